The summed E-state index contributed by atoms with van der Waals surface area (Å²) in [5.74, 6) is -0.783. The van der Waals surface area contributed by atoms with E-state index in [1.807, 2.05) is 24.3 Å². The van der Waals surface area contributed by atoms with E-state index in [2.05, 4.69) is 10.6 Å². The van der Waals surface area contributed by atoms with Crippen LogP contribution in [-0.4, -0.2) is 41.0 Å². The summed E-state index contributed by atoms with van der Waals surface area (Å²) in [6, 6.07) is 9.38. The zero-order valence-corrected chi connectivity index (χ0v) is 20.9. The second kappa shape index (κ2) is 10.6. The Balaban J connectivity index is 1.40. The minimum Gasteiger partial charge on any atom is -0.488 e. The third kappa shape index (κ3) is 6.13. The van der Waals surface area contributed by atoms with Crippen LogP contribution in [0.25, 0.3) is 0 Å². The van der Waals surface area contributed by atoms with Gasteiger partial charge in [-0.3, -0.25) is 9.59 Å². The number of amides is 3. The van der Waals surface area contributed by atoms with Crippen molar-refractivity contribution in [1.29, 1.82) is 0 Å². The van der Waals surface area contributed by atoms with E-state index in [4.69, 9.17) is 9.47 Å². The predicted molar refractivity (Wildman–Crippen MR) is 131 cm³/mol. The highest BCUT2D eigenvalue weighted by Gasteiger charge is 2.38. The Morgan fingerprint density at radius 3 is 2.58 bits per heavy atom. The molecule has 2 aliphatic heterocycles. The molecule has 3 amide bonds. The molecular weight excluding hydrogens is 465 g/mol. The summed E-state index contributed by atoms with van der Waals surface area (Å²) in [4.78, 5) is 38.9. The molecule has 0 bridgehead atoms. The molecule has 0 radical (unpaired) electrons. The van der Waals surface area contributed by atoms with Crippen molar-refractivity contribution in [3.05, 3.63) is 64.5 Å². The Hall–Kier alpha value is -3.62. The Morgan fingerprint density at radius 1 is 1.14 bits per heavy atom. The fourth-order valence-corrected chi connectivity index (χ4v) is 4.37. The lowest BCUT2D eigenvalue weighted by molar-refractivity contribution is -0.125. The predicted octanol–water partition coefficient (Wildman–Crippen LogP) is 4.05. The summed E-state index contributed by atoms with van der Waals surface area (Å²) < 4.78 is 25.5. The number of hydrogen-bond acceptors (Lipinski definition) is 5. The molecule has 2 N–H and O–H groups in total. The zero-order valence-electron chi connectivity index (χ0n) is 20.9. The smallest absolute Gasteiger partial charge is 0.407 e. The minimum atomic E-state index is -0.565. The number of carbonyl (C=O) groups excluding carboxylic acids is 3. The number of nitrogens with zero attached hydrogens (tertiary/aromatic N) is 1. The molecule has 0 aliphatic carbocycles. The number of carbonyl (C=O) groups is 3. The van der Waals surface area contributed by atoms with Gasteiger partial charge in [-0.05, 0) is 57.2 Å². The van der Waals surface area contributed by atoms with E-state index >= 15 is 0 Å². The van der Waals surface area contributed by atoms with Crippen LogP contribution in [0.4, 0.5) is 9.18 Å². The van der Waals surface area contributed by atoms with Crippen molar-refractivity contribution in [1.82, 2.24) is 15.5 Å². The van der Waals surface area contributed by atoms with Crippen LogP contribution in [0.15, 0.2) is 36.4 Å². The van der Waals surface area contributed by atoms with Gasteiger partial charge in [-0.15, -0.1) is 0 Å². The highest BCUT2D eigenvalue weighted by Crippen LogP contribution is 2.35. The van der Waals surface area contributed by atoms with Crippen molar-refractivity contribution in [3.8, 4) is 5.75 Å². The average molecular weight is 498 g/mol. The summed E-state index contributed by atoms with van der Waals surface area (Å²) in [6.45, 7) is 6.71. The lowest BCUT2D eigenvalue weighted by Gasteiger charge is -2.25. The maximum atomic E-state index is 14.4. The number of hydrogen-bond donors (Lipinski definition) is 2. The lowest BCUT2D eigenvalue weighted by atomic mass is 10.1. The van der Waals surface area contributed by atoms with E-state index in [0.29, 0.717) is 30.8 Å². The van der Waals surface area contributed by atoms with E-state index in [-0.39, 0.29) is 30.5 Å². The fraction of sp³-hybridized carbons (Fsp3) is 0.444. The highest BCUT2D eigenvalue weighted by molar-refractivity contribution is 6.01. The van der Waals surface area contributed by atoms with E-state index < -0.39 is 23.6 Å². The highest BCUT2D eigenvalue weighted by atomic mass is 19.1. The first-order chi connectivity index (χ1) is 17.1. The van der Waals surface area contributed by atoms with Crippen LogP contribution in [0.3, 0.4) is 0 Å². The molecule has 0 unspecified atom stereocenters. The summed E-state index contributed by atoms with van der Waals surface area (Å²) in [5, 5.41) is 5.56. The van der Waals surface area contributed by atoms with Gasteiger partial charge in [-0.25, -0.2) is 9.18 Å². The molecule has 2 aromatic rings. The number of halogens is 1. The molecule has 1 atom stereocenters. The van der Waals surface area contributed by atoms with Crippen LogP contribution in [-0.2, 0) is 29.2 Å². The molecular formula is C27H32FN3O5. The molecule has 0 saturated carbocycles. The Bertz CT molecular complexity index is 1140. The minimum absolute atomic E-state index is 0.169. The normalized spacial score (nSPS) is 17.8. The van der Waals surface area contributed by atoms with Crippen LogP contribution in [0.5, 0.6) is 5.75 Å². The summed E-state index contributed by atoms with van der Waals surface area (Å²) in [7, 11) is 0. The lowest BCUT2D eigenvalue weighted by Crippen LogP contribution is -2.45. The number of rotatable bonds is 6. The van der Waals surface area contributed by atoms with Gasteiger partial charge in [0.2, 0.25) is 5.91 Å². The maximum absolute atomic E-state index is 14.4. The van der Waals surface area contributed by atoms with Crippen LogP contribution in [0, 0.1) is 5.82 Å². The third-order valence-corrected chi connectivity index (χ3v) is 6.13. The average Bonchev–Trinajstić information content (AvgIpc) is 2.98. The van der Waals surface area contributed by atoms with E-state index in [9.17, 15) is 18.8 Å². The molecule has 36 heavy (non-hydrogen) atoms. The second-order valence-corrected chi connectivity index (χ2v) is 10.1. The van der Waals surface area contributed by atoms with Crippen molar-refractivity contribution in [3.63, 3.8) is 0 Å². The van der Waals surface area contributed by atoms with Gasteiger partial charge < -0.3 is 25.0 Å². The van der Waals surface area contributed by atoms with Gasteiger partial charge in [-0.1, -0.05) is 24.3 Å². The summed E-state index contributed by atoms with van der Waals surface area (Å²) in [5.41, 5.74) is 2.01. The summed E-state index contributed by atoms with van der Waals surface area (Å²) in [6.07, 6.45) is 1.81. The number of nitrogens with one attached hydrogen (secondary N) is 2. The second-order valence-electron chi connectivity index (χ2n) is 10.1. The number of ether oxygens (including phenoxy) is 2. The van der Waals surface area contributed by atoms with Gasteiger partial charge >= 0.3 is 6.09 Å². The fourth-order valence-electron chi connectivity index (χ4n) is 4.37. The van der Waals surface area contributed by atoms with E-state index in [1.165, 1.54) is 17.0 Å². The molecule has 8 nitrogen and oxygen atoms in total. The Morgan fingerprint density at radius 2 is 1.86 bits per heavy atom. The topological polar surface area (TPSA) is 97.0 Å². The van der Waals surface area contributed by atoms with Crippen molar-refractivity contribution >= 4 is 17.9 Å². The molecule has 1 fully saturated rings. The molecule has 2 heterocycles. The van der Waals surface area contributed by atoms with Crippen molar-refractivity contribution in [2.24, 2.45) is 0 Å². The molecule has 9 heteroatoms. The van der Waals surface area contributed by atoms with Crippen molar-refractivity contribution in [2.45, 2.75) is 71.4 Å². The maximum Gasteiger partial charge on any atom is 0.407 e. The largest absolute Gasteiger partial charge is 0.488 e. The number of benzene rings is 2. The monoisotopic (exact) mass is 497 g/mol. The van der Waals surface area contributed by atoms with Gasteiger partial charge in [0.15, 0.2) is 0 Å². The standard InChI is InChI=1S/C27H32FN3O5/c1-27(2,3)36-26(34)30-14-17-7-9-18(10-8-17)16-35-23-13-19(28)12-20-21(23)15-31(25(20)33)22-6-4-5-11-29-24(22)32/h7-10,12-13,22H,4-6,11,14-16H2,1-3H3,(H,29,32)(H,30,34)/t22-/m0/s1. The van der Waals surface area contributed by atoms with Crippen molar-refractivity contribution in [2.75, 3.05) is 6.54 Å². The number of fused-ring (bicyclic) bond motifs is 1. The van der Waals surface area contributed by atoms with Gasteiger partial charge in [0.05, 0.1) is 12.1 Å². The molecule has 2 aromatic carbocycles. The van der Waals surface area contributed by atoms with Gasteiger partial charge in [0.1, 0.15) is 29.8 Å². The zero-order chi connectivity index (χ0) is 25.9. The molecule has 4 rings (SSSR count). The Labute approximate surface area is 210 Å². The first-order valence-electron chi connectivity index (χ1n) is 12.2. The molecule has 1 saturated heterocycles. The molecule has 192 valence electrons. The Kier molecular flexibility index (Phi) is 7.47. The quantitative estimate of drug-likeness (QED) is 0.628. The van der Waals surface area contributed by atoms with Crippen LogP contribution in [0.2, 0.25) is 0 Å². The number of alkyl carbamates (subject to hydrolysis) is 1. The van der Waals surface area contributed by atoms with Crippen LogP contribution in [0.1, 0.15) is 67.1 Å². The van der Waals surface area contributed by atoms with Crippen LogP contribution >= 0.6 is 0 Å². The molecule has 0 spiro atoms. The SMILES string of the molecule is CC(C)(C)OC(=O)NCc1ccc(COc2cc(F)cc3c2CN([C@H]2CCCCNC2=O)C3=O)cc1. The van der Waals surface area contributed by atoms with Gasteiger partial charge in [0.25, 0.3) is 5.91 Å². The first-order valence-corrected chi connectivity index (χ1v) is 12.2. The van der Waals surface area contributed by atoms with E-state index in [1.54, 1.807) is 20.8 Å². The molecule has 0 aromatic heterocycles. The van der Waals surface area contributed by atoms with Gasteiger partial charge in [-0.2, -0.15) is 0 Å². The van der Waals surface area contributed by atoms with Gasteiger partial charge in [0, 0.05) is 24.7 Å². The third-order valence-electron chi connectivity index (χ3n) is 6.13. The summed E-state index contributed by atoms with van der Waals surface area (Å²) >= 11 is 0. The van der Waals surface area contributed by atoms with Crippen molar-refractivity contribution < 1.29 is 28.2 Å². The molecule has 2 aliphatic rings. The first kappa shape index (κ1) is 25.5. The van der Waals surface area contributed by atoms with E-state index in [0.717, 1.165) is 24.0 Å². The van der Waals surface area contributed by atoms with Crippen LogP contribution < -0.4 is 15.4 Å².